The first-order valence-electron chi connectivity index (χ1n) is 9.55. The highest BCUT2D eigenvalue weighted by Gasteiger charge is 2.48. The highest BCUT2D eigenvalue weighted by Crippen LogP contribution is 2.43. The number of pyridine rings is 1. The smallest absolute Gasteiger partial charge is 0.300 e. The lowest BCUT2D eigenvalue weighted by Crippen LogP contribution is -2.30. The van der Waals surface area contributed by atoms with Crippen molar-refractivity contribution in [1.82, 2.24) is 4.98 Å². The van der Waals surface area contributed by atoms with Crippen LogP contribution >= 0.6 is 23.2 Å². The van der Waals surface area contributed by atoms with Crippen molar-refractivity contribution >= 4 is 46.3 Å². The number of hydrogen-bond acceptors (Lipinski definition) is 4. The standard InChI is InChI=1S/C24H18Cl2N2O3/c1-13-6-5-8-19(14(13)2)28-21(18-7-3-4-11-27-18)20(23(30)24(28)31)22(29)15-9-10-16(25)17(26)12-15/h3-12,21,29H,1-2H3/b22-20+. The molecule has 1 unspecified atom stereocenters. The molecule has 5 nitrogen and oxygen atoms in total. The van der Waals surface area contributed by atoms with Crippen molar-refractivity contribution in [1.29, 1.82) is 0 Å². The van der Waals surface area contributed by atoms with Gasteiger partial charge in [0.1, 0.15) is 11.8 Å². The highest BCUT2D eigenvalue weighted by molar-refractivity contribution is 6.52. The Bertz CT molecular complexity index is 1240. The first kappa shape index (κ1) is 21.1. The van der Waals surface area contributed by atoms with Gasteiger partial charge in [-0.2, -0.15) is 0 Å². The number of Topliss-reactive ketones (excluding diaryl/α,β-unsaturated/α-hetero) is 1. The summed E-state index contributed by atoms with van der Waals surface area (Å²) < 4.78 is 0. The number of ketones is 1. The van der Waals surface area contributed by atoms with Gasteiger partial charge in [0.15, 0.2) is 0 Å². The number of amides is 1. The predicted molar refractivity (Wildman–Crippen MR) is 121 cm³/mol. The van der Waals surface area contributed by atoms with Crippen molar-refractivity contribution in [2.45, 2.75) is 19.9 Å². The van der Waals surface area contributed by atoms with Gasteiger partial charge in [-0.3, -0.25) is 19.5 Å². The van der Waals surface area contributed by atoms with Crippen LogP contribution in [0.1, 0.15) is 28.4 Å². The largest absolute Gasteiger partial charge is 0.507 e. The molecule has 1 fully saturated rings. The lowest BCUT2D eigenvalue weighted by molar-refractivity contribution is -0.132. The Kier molecular flexibility index (Phi) is 5.56. The molecule has 1 atom stereocenters. The molecular formula is C24H18Cl2N2O3. The van der Waals surface area contributed by atoms with E-state index in [2.05, 4.69) is 4.98 Å². The minimum atomic E-state index is -0.892. The van der Waals surface area contributed by atoms with Gasteiger partial charge in [0.2, 0.25) is 0 Å². The van der Waals surface area contributed by atoms with Crippen LogP contribution in [0.15, 0.2) is 66.4 Å². The minimum Gasteiger partial charge on any atom is -0.507 e. The first-order valence-corrected chi connectivity index (χ1v) is 10.3. The van der Waals surface area contributed by atoms with Crippen LogP contribution in [-0.4, -0.2) is 21.8 Å². The van der Waals surface area contributed by atoms with Gasteiger partial charge in [-0.1, -0.05) is 41.4 Å². The molecule has 1 amide bonds. The monoisotopic (exact) mass is 452 g/mol. The zero-order valence-corrected chi connectivity index (χ0v) is 18.3. The van der Waals surface area contributed by atoms with Crippen LogP contribution in [-0.2, 0) is 9.59 Å². The van der Waals surface area contributed by atoms with Gasteiger partial charge in [0.25, 0.3) is 11.7 Å². The molecule has 1 saturated heterocycles. The Hall–Kier alpha value is -3.15. The van der Waals surface area contributed by atoms with E-state index >= 15 is 0 Å². The number of carbonyl (C=O) groups is 2. The molecule has 2 heterocycles. The Labute approximate surface area is 189 Å². The second kappa shape index (κ2) is 8.17. The molecule has 2 aromatic carbocycles. The lowest BCUT2D eigenvalue weighted by Gasteiger charge is -2.26. The summed E-state index contributed by atoms with van der Waals surface area (Å²) in [5.74, 6) is -1.86. The third-order valence-electron chi connectivity index (χ3n) is 5.44. The SMILES string of the molecule is Cc1cccc(N2C(=O)C(=O)/C(=C(/O)c3ccc(Cl)c(Cl)c3)C2c2ccccn2)c1C. The van der Waals surface area contributed by atoms with Crippen LogP contribution in [0.3, 0.4) is 0 Å². The van der Waals surface area contributed by atoms with E-state index in [4.69, 9.17) is 23.2 Å². The van der Waals surface area contributed by atoms with Gasteiger partial charge in [0.05, 0.1) is 21.3 Å². The fraction of sp³-hybridized carbons (Fsp3) is 0.125. The number of aliphatic hydroxyl groups is 1. The molecule has 1 aliphatic rings. The summed E-state index contributed by atoms with van der Waals surface area (Å²) in [6.45, 7) is 3.82. The third kappa shape index (κ3) is 3.60. The quantitative estimate of drug-likeness (QED) is 0.317. The molecule has 1 N–H and O–H groups in total. The molecule has 1 aliphatic heterocycles. The second-order valence-corrected chi connectivity index (χ2v) is 8.09. The maximum Gasteiger partial charge on any atom is 0.300 e. The van der Waals surface area contributed by atoms with Gasteiger partial charge in [-0.15, -0.1) is 0 Å². The van der Waals surface area contributed by atoms with Crippen LogP contribution in [0, 0.1) is 13.8 Å². The molecule has 0 aliphatic carbocycles. The van der Waals surface area contributed by atoms with Crippen LogP contribution in [0.2, 0.25) is 10.0 Å². The van der Waals surface area contributed by atoms with E-state index in [0.29, 0.717) is 16.4 Å². The third-order valence-corrected chi connectivity index (χ3v) is 6.18. The van der Waals surface area contributed by atoms with E-state index in [0.717, 1.165) is 11.1 Å². The number of halogens is 2. The molecule has 0 radical (unpaired) electrons. The maximum atomic E-state index is 13.2. The number of hydrogen-bond donors (Lipinski definition) is 1. The molecule has 3 aromatic rings. The molecule has 31 heavy (non-hydrogen) atoms. The van der Waals surface area contributed by atoms with Crippen LogP contribution in [0.5, 0.6) is 0 Å². The lowest BCUT2D eigenvalue weighted by atomic mass is 9.97. The van der Waals surface area contributed by atoms with E-state index in [1.807, 2.05) is 26.0 Å². The fourth-order valence-corrected chi connectivity index (χ4v) is 3.99. The topological polar surface area (TPSA) is 70.5 Å². The fourth-order valence-electron chi connectivity index (χ4n) is 3.69. The van der Waals surface area contributed by atoms with Crippen molar-refractivity contribution in [2.24, 2.45) is 0 Å². The average molecular weight is 453 g/mol. The molecular weight excluding hydrogens is 435 g/mol. The van der Waals surface area contributed by atoms with E-state index in [1.165, 1.54) is 17.0 Å². The Balaban J connectivity index is 1.98. The Morgan fingerprint density at radius 1 is 1.00 bits per heavy atom. The van der Waals surface area contributed by atoms with Gasteiger partial charge in [0, 0.05) is 17.4 Å². The van der Waals surface area contributed by atoms with E-state index in [-0.39, 0.29) is 21.9 Å². The van der Waals surface area contributed by atoms with E-state index in [1.54, 1.807) is 36.5 Å². The van der Waals surface area contributed by atoms with Gasteiger partial charge in [-0.25, -0.2) is 0 Å². The number of carbonyl (C=O) groups excluding carboxylic acids is 2. The highest BCUT2D eigenvalue weighted by atomic mass is 35.5. The second-order valence-electron chi connectivity index (χ2n) is 7.27. The molecule has 0 spiro atoms. The van der Waals surface area contributed by atoms with Crippen molar-refractivity contribution in [3.63, 3.8) is 0 Å². The zero-order chi connectivity index (χ0) is 22.3. The minimum absolute atomic E-state index is 0.0528. The number of benzene rings is 2. The van der Waals surface area contributed by atoms with Crippen LogP contribution < -0.4 is 4.90 Å². The molecule has 156 valence electrons. The van der Waals surface area contributed by atoms with Gasteiger partial charge < -0.3 is 5.11 Å². The van der Waals surface area contributed by atoms with Crippen molar-refractivity contribution in [3.8, 4) is 0 Å². The number of aryl methyl sites for hydroxylation is 1. The first-order chi connectivity index (χ1) is 14.8. The maximum absolute atomic E-state index is 13.2. The van der Waals surface area contributed by atoms with Gasteiger partial charge >= 0.3 is 0 Å². The number of aliphatic hydroxyl groups excluding tert-OH is 1. The van der Waals surface area contributed by atoms with E-state index in [9.17, 15) is 14.7 Å². The number of nitrogens with zero attached hydrogens (tertiary/aromatic N) is 2. The summed E-state index contributed by atoms with van der Waals surface area (Å²) in [6.07, 6.45) is 1.58. The summed E-state index contributed by atoms with van der Waals surface area (Å²) in [5.41, 5.74) is 3.12. The van der Waals surface area contributed by atoms with Crippen molar-refractivity contribution in [2.75, 3.05) is 4.90 Å². The summed E-state index contributed by atoms with van der Waals surface area (Å²) in [4.78, 5) is 32.1. The average Bonchev–Trinajstić information content (AvgIpc) is 3.03. The summed E-state index contributed by atoms with van der Waals surface area (Å²) in [7, 11) is 0. The van der Waals surface area contributed by atoms with Crippen molar-refractivity contribution in [3.05, 3.63) is 98.8 Å². The van der Waals surface area contributed by atoms with Gasteiger partial charge in [-0.05, 0) is 61.4 Å². The predicted octanol–water partition coefficient (Wildman–Crippen LogP) is 5.63. The molecule has 1 aromatic heterocycles. The number of rotatable bonds is 3. The molecule has 0 saturated carbocycles. The Morgan fingerprint density at radius 3 is 2.45 bits per heavy atom. The Morgan fingerprint density at radius 2 is 1.77 bits per heavy atom. The number of anilines is 1. The normalized spacial score (nSPS) is 17.9. The van der Waals surface area contributed by atoms with Crippen molar-refractivity contribution < 1.29 is 14.7 Å². The molecule has 7 heteroatoms. The summed E-state index contributed by atoms with van der Waals surface area (Å²) >= 11 is 12.1. The van der Waals surface area contributed by atoms with Crippen LogP contribution in [0.4, 0.5) is 5.69 Å². The van der Waals surface area contributed by atoms with Crippen LogP contribution in [0.25, 0.3) is 5.76 Å². The zero-order valence-electron chi connectivity index (χ0n) is 16.8. The summed E-state index contributed by atoms with van der Waals surface area (Å²) in [5, 5.41) is 11.6. The summed E-state index contributed by atoms with van der Waals surface area (Å²) in [6, 6.07) is 14.4. The van der Waals surface area contributed by atoms with E-state index < -0.39 is 17.7 Å². The molecule has 0 bridgehead atoms. The molecule has 4 rings (SSSR count). The number of aromatic nitrogens is 1.